The summed E-state index contributed by atoms with van der Waals surface area (Å²) in [5, 5.41) is 6.54. The highest BCUT2D eigenvalue weighted by molar-refractivity contribution is 14.0. The molecule has 1 aromatic carbocycles. The first-order chi connectivity index (χ1) is 13.8. The van der Waals surface area contributed by atoms with Crippen LogP contribution in [0.4, 0.5) is 0 Å². The van der Waals surface area contributed by atoms with Gasteiger partial charge in [-0.3, -0.25) is 0 Å². The van der Waals surface area contributed by atoms with E-state index in [9.17, 15) is 8.42 Å². The Labute approximate surface area is 199 Å². The number of guanidine groups is 1. The van der Waals surface area contributed by atoms with Gasteiger partial charge in [0.2, 0.25) is 0 Å². The Bertz CT molecular complexity index is 782. The van der Waals surface area contributed by atoms with Crippen molar-refractivity contribution in [2.75, 3.05) is 31.2 Å². The number of ether oxygens (including phenoxy) is 1. The molecule has 1 saturated heterocycles. The Kier molecular flexibility index (Phi) is 12.1. The molecule has 1 heterocycles. The minimum atomic E-state index is -2.85. The summed E-state index contributed by atoms with van der Waals surface area (Å²) in [6, 6.07) is 6.23. The van der Waals surface area contributed by atoms with Crippen LogP contribution in [0.5, 0.6) is 5.75 Å². The van der Waals surface area contributed by atoms with Crippen molar-refractivity contribution < 1.29 is 13.2 Å². The van der Waals surface area contributed by atoms with Gasteiger partial charge in [-0.05, 0) is 56.6 Å². The standard InChI is InChI=1S/C22H37N3O3S.HI/c1-5-23-22(24-14-19-10-12-29(26,27)16-19)25-15-20-9-8-18(4)13-21(20)28-11-6-7-17(2)3;/h8-9,13,17,19H,5-7,10-12,14-16H2,1-4H3,(H2,23,24,25);1H. The van der Waals surface area contributed by atoms with E-state index in [0.29, 0.717) is 37.3 Å². The Morgan fingerprint density at radius 3 is 2.70 bits per heavy atom. The van der Waals surface area contributed by atoms with Crippen LogP contribution in [-0.2, 0) is 16.4 Å². The molecule has 30 heavy (non-hydrogen) atoms. The van der Waals surface area contributed by atoms with E-state index in [2.05, 4.69) is 49.6 Å². The third-order valence-corrected chi connectivity index (χ3v) is 6.88. The largest absolute Gasteiger partial charge is 0.493 e. The lowest BCUT2D eigenvalue weighted by Crippen LogP contribution is -2.40. The quantitative estimate of drug-likeness (QED) is 0.200. The van der Waals surface area contributed by atoms with Crippen molar-refractivity contribution in [1.82, 2.24) is 10.6 Å². The van der Waals surface area contributed by atoms with Gasteiger partial charge >= 0.3 is 0 Å². The van der Waals surface area contributed by atoms with Crippen molar-refractivity contribution in [2.24, 2.45) is 16.8 Å². The molecule has 8 heteroatoms. The van der Waals surface area contributed by atoms with Crippen LogP contribution in [0.25, 0.3) is 0 Å². The van der Waals surface area contributed by atoms with Crippen molar-refractivity contribution in [3.8, 4) is 5.75 Å². The van der Waals surface area contributed by atoms with Crippen LogP contribution in [0, 0.1) is 18.8 Å². The molecule has 6 nitrogen and oxygen atoms in total. The second-order valence-electron chi connectivity index (χ2n) is 8.34. The third kappa shape index (κ3) is 9.85. The van der Waals surface area contributed by atoms with Gasteiger partial charge in [-0.15, -0.1) is 24.0 Å². The van der Waals surface area contributed by atoms with Crippen LogP contribution in [0.15, 0.2) is 23.2 Å². The van der Waals surface area contributed by atoms with Gasteiger partial charge in [0, 0.05) is 18.7 Å². The van der Waals surface area contributed by atoms with Gasteiger partial charge in [0.1, 0.15) is 5.75 Å². The number of hydrogen-bond acceptors (Lipinski definition) is 4. The Hall–Kier alpha value is -1.03. The van der Waals surface area contributed by atoms with Gasteiger partial charge in [0.05, 0.1) is 24.7 Å². The summed E-state index contributed by atoms with van der Waals surface area (Å²) in [4.78, 5) is 4.69. The minimum absolute atomic E-state index is 0. The Morgan fingerprint density at radius 1 is 1.30 bits per heavy atom. The monoisotopic (exact) mass is 551 g/mol. The topological polar surface area (TPSA) is 79.8 Å². The van der Waals surface area contributed by atoms with Crippen molar-refractivity contribution >= 4 is 39.8 Å². The van der Waals surface area contributed by atoms with Gasteiger partial charge in [0.25, 0.3) is 0 Å². The van der Waals surface area contributed by atoms with E-state index in [4.69, 9.17) is 9.73 Å². The molecular formula is C22H38IN3O3S. The second-order valence-corrected chi connectivity index (χ2v) is 10.6. The smallest absolute Gasteiger partial charge is 0.191 e. The number of sulfone groups is 1. The van der Waals surface area contributed by atoms with E-state index in [0.717, 1.165) is 37.1 Å². The molecule has 2 N–H and O–H groups in total. The molecule has 0 radical (unpaired) electrons. The molecule has 1 unspecified atom stereocenters. The fourth-order valence-corrected chi connectivity index (χ4v) is 5.24. The molecule has 1 aliphatic heterocycles. The molecule has 0 bridgehead atoms. The summed E-state index contributed by atoms with van der Waals surface area (Å²) in [6.07, 6.45) is 2.93. The summed E-state index contributed by atoms with van der Waals surface area (Å²) in [5.74, 6) is 3.02. The Balaban J connectivity index is 0.00000450. The SMILES string of the molecule is CCNC(=NCc1ccc(C)cc1OCCCC(C)C)NCC1CCS(=O)(=O)C1.I. The highest BCUT2D eigenvalue weighted by Gasteiger charge is 2.27. The summed E-state index contributed by atoms with van der Waals surface area (Å²) >= 11 is 0. The lowest BCUT2D eigenvalue weighted by Gasteiger charge is -2.15. The van der Waals surface area contributed by atoms with E-state index in [-0.39, 0.29) is 35.6 Å². The van der Waals surface area contributed by atoms with Crippen LogP contribution in [0.1, 0.15) is 51.2 Å². The van der Waals surface area contributed by atoms with E-state index < -0.39 is 9.84 Å². The first-order valence-corrected chi connectivity index (χ1v) is 12.6. The number of nitrogens with zero attached hydrogens (tertiary/aromatic N) is 1. The summed E-state index contributed by atoms with van der Waals surface area (Å²) in [5.41, 5.74) is 2.23. The van der Waals surface area contributed by atoms with Crippen LogP contribution in [-0.4, -0.2) is 45.6 Å². The van der Waals surface area contributed by atoms with Gasteiger partial charge < -0.3 is 15.4 Å². The summed E-state index contributed by atoms with van der Waals surface area (Å²) < 4.78 is 29.3. The predicted molar refractivity (Wildman–Crippen MR) is 136 cm³/mol. The number of hydrogen-bond donors (Lipinski definition) is 2. The number of aryl methyl sites for hydroxylation is 1. The second kappa shape index (κ2) is 13.4. The molecule has 1 fully saturated rings. The maximum Gasteiger partial charge on any atom is 0.191 e. The number of aliphatic imine (C=N–C) groups is 1. The van der Waals surface area contributed by atoms with Crippen LogP contribution < -0.4 is 15.4 Å². The number of benzene rings is 1. The molecule has 0 saturated carbocycles. The van der Waals surface area contributed by atoms with E-state index in [1.165, 1.54) is 5.56 Å². The highest BCUT2D eigenvalue weighted by Crippen LogP contribution is 2.22. The van der Waals surface area contributed by atoms with E-state index in [1.807, 2.05) is 6.92 Å². The molecule has 172 valence electrons. The highest BCUT2D eigenvalue weighted by atomic mass is 127. The molecular weight excluding hydrogens is 513 g/mol. The first-order valence-electron chi connectivity index (χ1n) is 10.7. The maximum atomic E-state index is 11.6. The van der Waals surface area contributed by atoms with Crippen molar-refractivity contribution in [3.05, 3.63) is 29.3 Å². The normalized spacial score (nSPS) is 18.2. The molecule has 1 atom stereocenters. The van der Waals surface area contributed by atoms with Crippen LogP contribution in [0.2, 0.25) is 0 Å². The minimum Gasteiger partial charge on any atom is -0.493 e. The Morgan fingerprint density at radius 2 is 2.07 bits per heavy atom. The summed E-state index contributed by atoms with van der Waals surface area (Å²) in [7, 11) is -2.85. The van der Waals surface area contributed by atoms with E-state index >= 15 is 0 Å². The zero-order valence-corrected chi connectivity index (χ0v) is 21.9. The van der Waals surface area contributed by atoms with Gasteiger partial charge in [-0.25, -0.2) is 13.4 Å². The molecule has 0 spiro atoms. The molecule has 0 aromatic heterocycles. The fraction of sp³-hybridized carbons (Fsp3) is 0.682. The first kappa shape index (κ1) is 27.0. The number of nitrogens with one attached hydrogen (secondary N) is 2. The molecule has 2 rings (SSSR count). The zero-order valence-electron chi connectivity index (χ0n) is 18.7. The fourth-order valence-electron chi connectivity index (χ4n) is 3.38. The molecule has 1 aliphatic rings. The van der Waals surface area contributed by atoms with Crippen molar-refractivity contribution in [1.29, 1.82) is 0 Å². The average molecular weight is 552 g/mol. The summed E-state index contributed by atoms with van der Waals surface area (Å²) in [6.45, 7) is 11.1. The third-order valence-electron chi connectivity index (χ3n) is 5.04. The number of halogens is 1. The molecule has 1 aromatic rings. The van der Waals surface area contributed by atoms with Gasteiger partial charge in [-0.1, -0.05) is 26.0 Å². The average Bonchev–Trinajstić information content (AvgIpc) is 3.01. The van der Waals surface area contributed by atoms with Gasteiger partial charge in [0.15, 0.2) is 15.8 Å². The van der Waals surface area contributed by atoms with Crippen LogP contribution in [0.3, 0.4) is 0 Å². The maximum absolute atomic E-state index is 11.6. The van der Waals surface area contributed by atoms with E-state index in [1.54, 1.807) is 0 Å². The van der Waals surface area contributed by atoms with Crippen LogP contribution >= 0.6 is 24.0 Å². The molecule has 0 amide bonds. The lowest BCUT2D eigenvalue weighted by molar-refractivity contribution is 0.295. The lowest BCUT2D eigenvalue weighted by atomic mass is 10.1. The predicted octanol–water partition coefficient (Wildman–Crippen LogP) is 3.92. The zero-order chi connectivity index (χ0) is 21.3. The van der Waals surface area contributed by atoms with Crippen molar-refractivity contribution in [2.45, 2.75) is 53.5 Å². The van der Waals surface area contributed by atoms with Gasteiger partial charge in [-0.2, -0.15) is 0 Å². The molecule has 0 aliphatic carbocycles. The van der Waals surface area contributed by atoms with Crippen molar-refractivity contribution in [3.63, 3.8) is 0 Å². The number of rotatable bonds is 10.